The van der Waals surface area contributed by atoms with Gasteiger partial charge in [-0.15, -0.1) is 11.6 Å². The Morgan fingerprint density at radius 1 is 1.26 bits per heavy atom. The lowest BCUT2D eigenvalue weighted by Crippen LogP contribution is -2.42. The van der Waals surface area contributed by atoms with Crippen molar-refractivity contribution in [2.45, 2.75) is 42.0 Å². The zero-order valence-corrected chi connectivity index (χ0v) is 12.4. The van der Waals surface area contributed by atoms with Crippen LogP contribution in [0.3, 0.4) is 0 Å². The van der Waals surface area contributed by atoms with Crippen LogP contribution in [0.2, 0.25) is 5.02 Å². The first kappa shape index (κ1) is 15.0. The molecule has 1 fully saturated rings. The summed E-state index contributed by atoms with van der Waals surface area (Å²) < 4.78 is 40.1. The topological polar surface area (TPSA) is 46.2 Å². The zero-order valence-electron chi connectivity index (χ0n) is 10.1. The summed E-state index contributed by atoms with van der Waals surface area (Å²) >= 11 is 11.9. The number of alkyl halides is 1. The standard InChI is InChI=1S/C12H14Cl2FNO2S/c13-9-3-1-2-4-11(9)16-19(17,18)12-7-8(15)5-6-10(12)14/h5-7,9,11,16H,1-4H2. The summed E-state index contributed by atoms with van der Waals surface area (Å²) in [6.45, 7) is 0. The zero-order chi connectivity index (χ0) is 14.0. The number of hydrogen-bond donors (Lipinski definition) is 1. The highest BCUT2D eigenvalue weighted by molar-refractivity contribution is 7.89. The van der Waals surface area contributed by atoms with Crippen LogP contribution in [0.5, 0.6) is 0 Å². The van der Waals surface area contributed by atoms with E-state index in [9.17, 15) is 12.8 Å². The lowest BCUT2D eigenvalue weighted by Gasteiger charge is -2.27. The van der Waals surface area contributed by atoms with Gasteiger partial charge in [0.2, 0.25) is 10.0 Å². The Morgan fingerprint density at radius 2 is 1.95 bits per heavy atom. The molecular formula is C12H14Cl2FNO2S. The van der Waals surface area contributed by atoms with Gasteiger partial charge in [-0.25, -0.2) is 17.5 Å². The molecule has 0 spiro atoms. The molecule has 1 aromatic carbocycles. The lowest BCUT2D eigenvalue weighted by atomic mass is 9.96. The molecule has 3 nitrogen and oxygen atoms in total. The van der Waals surface area contributed by atoms with Gasteiger partial charge in [0, 0.05) is 11.4 Å². The molecule has 1 aliphatic rings. The van der Waals surface area contributed by atoms with Crippen molar-refractivity contribution >= 4 is 33.2 Å². The van der Waals surface area contributed by atoms with Crippen molar-refractivity contribution in [1.82, 2.24) is 4.72 Å². The van der Waals surface area contributed by atoms with E-state index in [0.29, 0.717) is 6.42 Å². The molecule has 2 unspecified atom stereocenters. The average Bonchev–Trinajstić information content (AvgIpc) is 2.35. The summed E-state index contributed by atoms with van der Waals surface area (Å²) in [7, 11) is -3.85. The van der Waals surface area contributed by atoms with E-state index in [4.69, 9.17) is 23.2 Å². The molecule has 0 radical (unpaired) electrons. The van der Waals surface area contributed by atoms with Crippen LogP contribution in [0.15, 0.2) is 23.1 Å². The maximum Gasteiger partial charge on any atom is 0.242 e. The molecule has 0 saturated heterocycles. The molecule has 2 rings (SSSR count). The van der Waals surface area contributed by atoms with Crippen LogP contribution in [-0.2, 0) is 10.0 Å². The minimum atomic E-state index is -3.85. The fraction of sp³-hybridized carbons (Fsp3) is 0.500. The van der Waals surface area contributed by atoms with Gasteiger partial charge in [0.1, 0.15) is 10.7 Å². The Kier molecular flexibility index (Phi) is 4.71. The smallest absolute Gasteiger partial charge is 0.207 e. The average molecular weight is 326 g/mol. The van der Waals surface area contributed by atoms with Gasteiger partial charge in [0.05, 0.1) is 5.02 Å². The molecule has 106 valence electrons. The second kappa shape index (κ2) is 5.95. The Labute approximate surface area is 122 Å². The van der Waals surface area contributed by atoms with E-state index >= 15 is 0 Å². The molecule has 0 aliphatic heterocycles. The van der Waals surface area contributed by atoms with Gasteiger partial charge >= 0.3 is 0 Å². The Bertz CT molecular complexity index is 565. The highest BCUT2D eigenvalue weighted by Crippen LogP contribution is 2.27. The van der Waals surface area contributed by atoms with Crippen LogP contribution in [0.4, 0.5) is 4.39 Å². The first-order valence-electron chi connectivity index (χ1n) is 6.01. The van der Waals surface area contributed by atoms with E-state index in [-0.39, 0.29) is 21.3 Å². The third-order valence-electron chi connectivity index (χ3n) is 3.17. The van der Waals surface area contributed by atoms with Gasteiger partial charge < -0.3 is 0 Å². The monoisotopic (exact) mass is 325 g/mol. The fourth-order valence-corrected chi connectivity index (χ4v) is 4.40. The van der Waals surface area contributed by atoms with Gasteiger partial charge in [-0.2, -0.15) is 0 Å². The number of hydrogen-bond acceptors (Lipinski definition) is 2. The molecule has 1 aliphatic carbocycles. The van der Waals surface area contributed by atoms with Crippen LogP contribution in [-0.4, -0.2) is 19.8 Å². The van der Waals surface area contributed by atoms with Crippen LogP contribution >= 0.6 is 23.2 Å². The number of rotatable bonds is 3. The van der Waals surface area contributed by atoms with Crippen LogP contribution in [0, 0.1) is 5.82 Å². The van der Waals surface area contributed by atoms with Crippen molar-refractivity contribution in [3.8, 4) is 0 Å². The van der Waals surface area contributed by atoms with Crippen molar-refractivity contribution in [2.75, 3.05) is 0 Å². The lowest BCUT2D eigenvalue weighted by molar-refractivity contribution is 0.418. The SMILES string of the molecule is O=S(=O)(NC1CCCCC1Cl)c1cc(F)ccc1Cl. The Morgan fingerprint density at radius 3 is 2.63 bits per heavy atom. The summed E-state index contributed by atoms with van der Waals surface area (Å²) in [5, 5.41) is -0.244. The van der Waals surface area contributed by atoms with Crippen molar-refractivity contribution in [3.05, 3.63) is 29.0 Å². The van der Waals surface area contributed by atoms with Crippen LogP contribution in [0.25, 0.3) is 0 Å². The molecule has 7 heteroatoms. The molecule has 2 atom stereocenters. The van der Waals surface area contributed by atoms with E-state index in [1.165, 1.54) is 6.07 Å². The van der Waals surface area contributed by atoms with Crippen LogP contribution < -0.4 is 4.72 Å². The largest absolute Gasteiger partial charge is 0.242 e. The van der Waals surface area contributed by atoms with Crippen molar-refractivity contribution in [2.24, 2.45) is 0 Å². The van der Waals surface area contributed by atoms with Crippen molar-refractivity contribution in [3.63, 3.8) is 0 Å². The molecule has 1 saturated carbocycles. The number of nitrogens with one attached hydrogen (secondary N) is 1. The molecule has 0 heterocycles. The fourth-order valence-electron chi connectivity index (χ4n) is 2.16. The molecule has 0 bridgehead atoms. The van der Waals surface area contributed by atoms with E-state index in [1.54, 1.807) is 0 Å². The summed E-state index contributed by atoms with van der Waals surface area (Å²) in [4.78, 5) is -0.247. The van der Waals surface area contributed by atoms with Crippen molar-refractivity contribution < 1.29 is 12.8 Å². The van der Waals surface area contributed by atoms with E-state index < -0.39 is 15.8 Å². The molecule has 19 heavy (non-hydrogen) atoms. The first-order chi connectivity index (χ1) is 8.90. The molecule has 1 aromatic rings. The molecule has 1 N–H and O–H groups in total. The summed E-state index contributed by atoms with van der Waals surface area (Å²) in [5.74, 6) is -0.643. The maximum atomic E-state index is 13.2. The highest BCUT2D eigenvalue weighted by atomic mass is 35.5. The minimum Gasteiger partial charge on any atom is -0.207 e. The molecule has 0 amide bonds. The van der Waals surface area contributed by atoms with E-state index in [2.05, 4.69) is 4.72 Å². The van der Waals surface area contributed by atoms with Gasteiger partial charge in [0.15, 0.2) is 0 Å². The predicted molar refractivity (Wildman–Crippen MR) is 73.6 cm³/mol. The first-order valence-corrected chi connectivity index (χ1v) is 8.31. The van der Waals surface area contributed by atoms with E-state index in [0.717, 1.165) is 31.4 Å². The normalized spacial score (nSPS) is 24.4. The molecule has 0 aromatic heterocycles. The summed E-state index contributed by atoms with van der Waals surface area (Å²) in [6.07, 6.45) is 3.37. The Hall–Kier alpha value is -0.360. The van der Waals surface area contributed by atoms with Crippen LogP contribution in [0.1, 0.15) is 25.7 Å². The number of halogens is 3. The number of benzene rings is 1. The van der Waals surface area contributed by atoms with Gasteiger partial charge in [-0.1, -0.05) is 24.4 Å². The third kappa shape index (κ3) is 3.60. The highest BCUT2D eigenvalue weighted by Gasteiger charge is 2.29. The van der Waals surface area contributed by atoms with Gasteiger partial charge in [-0.3, -0.25) is 0 Å². The number of sulfonamides is 1. The molecular weight excluding hydrogens is 312 g/mol. The summed E-state index contributed by atoms with van der Waals surface area (Å²) in [5.41, 5.74) is 0. The van der Waals surface area contributed by atoms with Gasteiger partial charge in [-0.05, 0) is 31.0 Å². The minimum absolute atomic E-state index is 0.00386. The second-order valence-corrected chi connectivity index (χ2v) is 7.25. The van der Waals surface area contributed by atoms with Crippen molar-refractivity contribution in [1.29, 1.82) is 0 Å². The van der Waals surface area contributed by atoms with E-state index in [1.807, 2.05) is 0 Å². The second-order valence-electron chi connectivity index (χ2n) is 4.60. The predicted octanol–water partition coefficient (Wildman–Crippen LogP) is 3.31. The maximum absolute atomic E-state index is 13.2. The Balaban J connectivity index is 2.24. The van der Waals surface area contributed by atoms with Gasteiger partial charge in [0.25, 0.3) is 0 Å². The third-order valence-corrected chi connectivity index (χ3v) is 5.66. The quantitative estimate of drug-likeness (QED) is 0.866. The summed E-state index contributed by atoms with van der Waals surface area (Å²) in [6, 6.07) is 2.92.